The summed E-state index contributed by atoms with van der Waals surface area (Å²) in [6, 6.07) is 6.96. The third-order valence-corrected chi connectivity index (χ3v) is 5.64. The highest BCUT2D eigenvalue weighted by Crippen LogP contribution is 2.33. The van der Waals surface area contributed by atoms with Crippen LogP contribution in [-0.4, -0.2) is 20.5 Å². The third-order valence-electron chi connectivity index (χ3n) is 3.68. The molecule has 0 radical (unpaired) electrons. The van der Waals surface area contributed by atoms with E-state index in [1.54, 1.807) is 6.07 Å². The number of H-pyrrole nitrogens is 1. The zero-order valence-corrected chi connectivity index (χ0v) is 16.1. The summed E-state index contributed by atoms with van der Waals surface area (Å²) in [5.41, 5.74) is 0.0378. The van der Waals surface area contributed by atoms with Gasteiger partial charge in [0.15, 0.2) is 11.6 Å². The van der Waals surface area contributed by atoms with Gasteiger partial charge in [0.05, 0.1) is 23.0 Å². The molecule has 0 saturated heterocycles. The van der Waals surface area contributed by atoms with Crippen LogP contribution in [0.2, 0.25) is 0 Å². The fraction of sp³-hybridized carbons (Fsp3) is 0.0588. The molecular formula is C17H12BrF3N2O3S. The standard InChI is InChI=1S/C17H12BrF3N2O3S/c1-26-17-10(3-2-4-12(17)19)15-5-9(8-22-15)27(24,25)23-16-7-13(20)11(18)6-14(16)21/h2-8,22-23H,1H3. The Bertz CT molecular complexity index is 1120. The van der Waals surface area contributed by atoms with Gasteiger partial charge in [-0.25, -0.2) is 21.6 Å². The van der Waals surface area contributed by atoms with E-state index in [-0.39, 0.29) is 20.8 Å². The first-order valence-corrected chi connectivity index (χ1v) is 9.69. The van der Waals surface area contributed by atoms with Crippen LogP contribution in [0.4, 0.5) is 18.9 Å². The monoisotopic (exact) mass is 460 g/mol. The number of benzene rings is 2. The Kier molecular flexibility index (Phi) is 5.20. The Labute approximate surface area is 161 Å². The van der Waals surface area contributed by atoms with Gasteiger partial charge in [0.25, 0.3) is 10.0 Å². The summed E-state index contributed by atoms with van der Waals surface area (Å²) in [4.78, 5) is 2.47. The molecule has 142 valence electrons. The van der Waals surface area contributed by atoms with Crippen LogP contribution >= 0.6 is 15.9 Å². The lowest BCUT2D eigenvalue weighted by Crippen LogP contribution is -2.13. The van der Waals surface area contributed by atoms with Gasteiger partial charge < -0.3 is 9.72 Å². The van der Waals surface area contributed by atoms with Gasteiger partial charge in [0.1, 0.15) is 16.5 Å². The second-order valence-corrected chi connectivity index (χ2v) is 7.96. The lowest BCUT2D eigenvalue weighted by Gasteiger charge is -2.09. The van der Waals surface area contributed by atoms with Crippen LogP contribution in [0, 0.1) is 17.5 Å². The lowest BCUT2D eigenvalue weighted by molar-refractivity contribution is 0.388. The van der Waals surface area contributed by atoms with Crippen molar-refractivity contribution in [1.29, 1.82) is 0 Å². The molecule has 3 aromatic rings. The number of halogens is 4. The molecule has 1 heterocycles. The van der Waals surface area contributed by atoms with Crippen molar-refractivity contribution >= 4 is 31.6 Å². The first-order valence-electron chi connectivity index (χ1n) is 7.41. The van der Waals surface area contributed by atoms with E-state index >= 15 is 0 Å². The van der Waals surface area contributed by atoms with Crippen molar-refractivity contribution in [2.45, 2.75) is 4.90 Å². The molecule has 5 nitrogen and oxygen atoms in total. The summed E-state index contributed by atoms with van der Waals surface area (Å²) >= 11 is 2.81. The predicted octanol–water partition coefficient (Wildman–Crippen LogP) is 4.67. The molecule has 0 aliphatic carbocycles. The number of ether oxygens (including phenoxy) is 1. The molecule has 27 heavy (non-hydrogen) atoms. The normalized spacial score (nSPS) is 11.4. The SMILES string of the molecule is COc1c(F)cccc1-c1cc(S(=O)(=O)Nc2cc(F)c(Br)cc2F)c[nH]1. The quantitative estimate of drug-likeness (QED) is 0.543. The van der Waals surface area contributed by atoms with Crippen molar-refractivity contribution in [3.63, 3.8) is 0 Å². The maximum Gasteiger partial charge on any atom is 0.263 e. The van der Waals surface area contributed by atoms with E-state index in [1.165, 1.54) is 25.3 Å². The average molecular weight is 461 g/mol. The summed E-state index contributed by atoms with van der Waals surface area (Å²) in [7, 11) is -2.93. The zero-order chi connectivity index (χ0) is 19.8. The van der Waals surface area contributed by atoms with Crippen molar-refractivity contribution in [2.75, 3.05) is 11.8 Å². The third kappa shape index (κ3) is 3.81. The van der Waals surface area contributed by atoms with E-state index in [0.717, 1.165) is 18.3 Å². The van der Waals surface area contributed by atoms with Crippen molar-refractivity contribution < 1.29 is 26.3 Å². The van der Waals surface area contributed by atoms with E-state index in [9.17, 15) is 21.6 Å². The van der Waals surface area contributed by atoms with Gasteiger partial charge in [0, 0.05) is 17.8 Å². The van der Waals surface area contributed by atoms with Crippen molar-refractivity contribution in [3.8, 4) is 17.0 Å². The van der Waals surface area contributed by atoms with Gasteiger partial charge >= 0.3 is 0 Å². The molecule has 0 bridgehead atoms. The molecule has 0 aliphatic heterocycles. The molecule has 0 atom stereocenters. The zero-order valence-electron chi connectivity index (χ0n) is 13.7. The van der Waals surface area contributed by atoms with Crippen LogP contribution in [0.25, 0.3) is 11.3 Å². The molecule has 0 saturated carbocycles. The number of hydrogen-bond donors (Lipinski definition) is 2. The molecule has 0 aliphatic rings. The number of methoxy groups -OCH3 is 1. The van der Waals surface area contributed by atoms with Gasteiger partial charge in [-0.1, -0.05) is 6.07 Å². The van der Waals surface area contributed by atoms with Crippen LogP contribution in [-0.2, 0) is 10.0 Å². The highest BCUT2D eigenvalue weighted by atomic mass is 79.9. The van der Waals surface area contributed by atoms with Crippen molar-refractivity contribution in [2.24, 2.45) is 0 Å². The highest BCUT2D eigenvalue weighted by Gasteiger charge is 2.21. The Morgan fingerprint density at radius 2 is 1.81 bits per heavy atom. The summed E-state index contributed by atoms with van der Waals surface area (Å²) in [5.74, 6) is -2.44. The minimum Gasteiger partial charge on any atom is -0.493 e. The molecule has 1 aromatic heterocycles. The van der Waals surface area contributed by atoms with Crippen LogP contribution in [0.5, 0.6) is 5.75 Å². The van der Waals surface area contributed by atoms with E-state index < -0.39 is 33.2 Å². The van der Waals surface area contributed by atoms with E-state index in [4.69, 9.17) is 4.74 Å². The number of anilines is 1. The van der Waals surface area contributed by atoms with Gasteiger partial charge in [0.2, 0.25) is 0 Å². The number of aromatic amines is 1. The molecule has 0 amide bonds. The minimum atomic E-state index is -4.22. The molecule has 0 spiro atoms. The second-order valence-electron chi connectivity index (χ2n) is 5.42. The van der Waals surface area contributed by atoms with Gasteiger partial charge in [-0.15, -0.1) is 0 Å². The van der Waals surface area contributed by atoms with Crippen molar-refractivity contribution in [1.82, 2.24) is 4.98 Å². The minimum absolute atomic E-state index is 0.0581. The van der Waals surface area contributed by atoms with Crippen LogP contribution < -0.4 is 9.46 Å². The van der Waals surface area contributed by atoms with Gasteiger partial charge in [-0.05, 0) is 40.2 Å². The maximum atomic E-state index is 13.9. The number of hydrogen-bond acceptors (Lipinski definition) is 3. The predicted molar refractivity (Wildman–Crippen MR) is 97.6 cm³/mol. The Morgan fingerprint density at radius 1 is 1.07 bits per heavy atom. The first kappa shape index (κ1) is 19.3. The Hall–Kier alpha value is -2.46. The van der Waals surface area contributed by atoms with E-state index in [0.29, 0.717) is 5.56 Å². The summed E-state index contributed by atoms with van der Waals surface area (Å²) in [6.07, 6.45) is 1.15. The molecule has 3 rings (SSSR count). The summed E-state index contributed by atoms with van der Waals surface area (Å²) < 4.78 is 73.1. The maximum absolute atomic E-state index is 13.9. The van der Waals surface area contributed by atoms with Crippen LogP contribution in [0.15, 0.2) is 52.0 Å². The fourth-order valence-electron chi connectivity index (χ4n) is 2.42. The van der Waals surface area contributed by atoms with Gasteiger partial charge in [-0.3, -0.25) is 4.72 Å². The van der Waals surface area contributed by atoms with Crippen molar-refractivity contribution in [3.05, 3.63) is 64.5 Å². The number of aromatic nitrogens is 1. The molecule has 10 heteroatoms. The van der Waals surface area contributed by atoms with Crippen LogP contribution in [0.3, 0.4) is 0 Å². The van der Waals surface area contributed by atoms with Gasteiger partial charge in [-0.2, -0.15) is 0 Å². The average Bonchev–Trinajstić information content (AvgIpc) is 3.10. The highest BCUT2D eigenvalue weighted by molar-refractivity contribution is 9.10. The largest absolute Gasteiger partial charge is 0.493 e. The van der Waals surface area contributed by atoms with E-state index in [1.807, 2.05) is 4.72 Å². The molecule has 2 aromatic carbocycles. The number of para-hydroxylation sites is 1. The summed E-state index contributed by atoms with van der Waals surface area (Å²) in [5, 5.41) is 0. The second kappa shape index (κ2) is 7.28. The number of sulfonamides is 1. The summed E-state index contributed by atoms with van der Waals surface area (Å²) in [6.45, 7) is 0. The Balaban J connectivity index is 1.97. The molecule has 0 fully saturated rings. The molecular weight excluding hydrogens is 449 g/mol. The first-order chi connectivity index (χ1) is 12.7. The smallest absolute Gasteiger partial charge is 0.263 e. The van der Waals surface area contributed by atoms with E-state index in [2.05, 4.69) is 20.9 Å². The Morgan fingerprint density at radius 3 is 2.52 bits per heavy atom. The topological polar surface area (TPSA) is 71.2 Å². The fourth-order valence-corrected chi connectivity index (χ4v) is 3.78. The number of rotatable bonds is 5. The number of nitrogens with one attached hydrogen (secondary N) is 2. The molecule has 2 N–H and O–H groups in total. The lowest BCUT2D eigenvalue weighted by atomic mass is 10.1. The van der Waals surface area contributed by atoms with Crippen LogP contribution in [0.1, 0.15) is 0 Å². The molecule has 0 unspecified atom stereocenters.